The van der Waals surface area contributed by atoms with Crippen molar-refractivity contribution in [3.8, 4) is 0 Å². The monoisotopic (exact) mass is 724 g/mol. The second-order valence-corrected chi connectivity index (χ2v) is 19.4. The van der Waals surface area contributed by atoms with Crippen molar-refractivity contribution >= 4 is 17.7 Å². The molecule has 3 unspecified atom stereocenters. The van der Waals surface area contributed by atoms with E-state index in [0.29, 0.717) is 67.1 Å². The number of esters is 2. The number of quaternary nitrogens is 1. The summed E-state index contributed by atoms with van der Waals surface area (Å²) in [6.45, 7) is 10.8. The highest BCUT2D eigenvalue weighted by Crippen LogP contribution is 2.83. The van der Waals surface area contributed by atoms with Crippen LogP contribution in [0.1, 0.15) is 126 Å². The van der Waals surface area contributed by atoms with Crippen LogP contribution in [0.2, 0.25) is 0 Å². The van der Waals surface area contributed by atoms with Crippen LogP contribution in [-0.4, -0.2) is 73.0 Å². The van der Waals surface area contributed by atoms with Crippen LogP contribution in [0, 0.1) is 46.3 Å². The van der Waals surface area contributed by atoms with E-state index in [4.69, 9.17) is 15.2 Å². The lowest BCUT2D eigenvalue weighted by Crippen LogP contribution is -3.24. The minimum atomic E-state index is -1.08. The predicted molar refractivity (Wildman–Crippen MR) is 201 cm³/mol. The van der Waals surface area contributed by atoms with E-state index in [2.05, 4.69) is 43.9 Å². The van der Waals surface area contributed by atoms with E-state index >= 15 is 9.59 Å². The molecule has 8 heteroatoms. The van der Waals surface area contributed by atoms with Crippen molar-refractivity contribution in [2.24, 2.45) is 52.1 Å². The van der Waals surface area contributed by atoms with Crippen LogP contribution in [0.3, 0.4) is 0 Å². The first-order valence-corrected chi connectivity index (χ1v) is 21.8. The van der Waals surface area contributed by atoms with E-state index in [1.165, 1.54) is 44.2 Å². The minimum absolute atomic E-state index is 0.0385. The molecule has 3 N–H and O–H groups in total. The van der Waals surface area contributed by atoms with Crippen LogP contribution in [0.4, 0.5) is 0 Å². The number of carbonyl (C=O) groups is 3. The summed E-state index contributed by atoms with van der Waals surface area (Å²) >= 11 is 0. The van der Waals surface area contributed by atoms with Crippen LogP contribution in [0.15, 0.2) is 29.8 Å². The normalized spacial score (nSPS) is 47.3. The smallest absolute Gasteiger partial charge is 0.339 e. The Morgan fingerprint density at radius 3 is 2.68 bits per heavy atom. The summed E-state index contributed by atoms with van der Waals surface area (Å²) in [6.07, 6.45) is 14.8. The summed E-state index contributed by atoms with van der Waals surface area (Å²) in [5.74, 6) is 2.38. The van der Waals surface area contributed by atoms with Gasteiger partial charge in [-0.2, -0.15) is 0 Å². The highest BCUT2D eigenvalue weighted by Gasteiger charge is 2.92. The first-order valence-electron chi connectivity index (χ1n) is 21.8. The van der Waals surface area contributed by atoms with Gasteiger partial charge in [0.1, 0.15) is 5.41 Å². The third kappa shape index (κ3) is 4.43. The Morgan fingerprint density at radius 2 is 1.87 bits per heavy atom. The summed E-state index contributed by atoms with van der Waals surface area (Å²) in [7, 11) is 0. The van der Waals surface area contributed by atoms with E-state index in [-0.39, 0.29) is 29.7 Å². The van der Waals surface area contributed by atoms with Gasteiger partial charge >= 0.3 is 11.9 Å². The van der Waals surface area contributed by atoms with Gasteiger partial charge < -0.3 is 20.1 Å². The number of Topliss-reactive ketones (excluding diaryl/α,β-unsaturated/α-hetero) is 1. The topological polar surface area (TPSA) is 103 Å². The fourth-order valence-corrected chi connectivity index (χ4v) is 15.6. The van der Waals surface area contributed by atoms with E-state index in [9.17, 15) is 4.79 Å². The summed E-state index contributed by atoms with van der Waals surface area (Å²) in [6, 6.07) is 7.59. The Hall–Kier alpha value is -2.55. The number of nitrogens with one attached hydrogen (secondary N) is 1. The molecular formula is C45H62N3O5+. The van der Waals surface area contributed by atoms with Gasteiger partial charge in [-0.1, -0.05) is 63.5 Å². The Labute approximate surface area is 315 Å². The molecule has 15 atom stereocenters. The third-order valence-electron chi connectivity index (χ3n) is 17.0. The number of hydrogen-bond acceptors (Lipinski definition) is 7. The van der Waals surface area contributed by atoms with E-state index in [0.717, 1.165) is 68.7 Å². The average molecular weight is 725 g/mol. The third-order valence-corrected chi connectivity index (χ3v) is 17.0. The Balaban J connectivity index is 1.19. The van der Waals surface area contributed by atoms with Gasteiger partial charge in [0.2, 0.25) is 0 Å². The summed E-state index contributed by atoms with van der Waals surface area (Å²) in [5.41, 5.74) is 6.88. The Bertz CT molecular complexity index is 1740. The number of fused-ring (bicyclic) bond motifs is 2. The molecule has 0 aromatic heterocycles. The molecule has 1 aromatic rings. The number of hydrogen-bond donors (Lipinski definition) is 2. The number of nitrogens with two attached hydrogens (primary N) is 1. The van der Waals surface area contributed by atoms with Crippen LogP contribution in [0.5, 0.6) is 0 Å². The molecule has 0 amide bonds. The summed E-state index contributed by atoms with van der Waals surface area (Å²) < 4.78 is 13.6. The summed E-state index contributed by atoms with van der Waals surface area (Å²) in [5, 5.41) is 0. The van der Waals surface area contributed by atoms with Gasteiger partial charge in [0.05, 0.1) is 29.6 Å². The van der Waals surface area contributed by atoms with Crippen molar-refractivity contribution in [2.75, 3.05) is 26.2 Å². The van der Waals surface area contributed by atoms with Gasteiger partial charge in [-0.3, -0.25) is 14.5 Å². The van der Waals surface area contributed by atoms with Gasteiger partial charge in [-0.05, 0) is 82.2 Å². The molecule has 9 aliphatic heterocycles. The van der Waals surface area contributed by atoms with Crippen LogP contribution >= 0.6 is 0 Å². The molecule has 13 rings (SSSR count). The van der Waals surface area contributed by atoms with Gasteiger partial charge in [-0.25, -0.2) is 4.79 Å². The van der Waals surface area contributed by atoms with Crippen molar-refractivity contribution in [1.29, 1.82) is 0 Å². The number of benzene rings is 1. The van der Waals surface area contributed by atoms with E-state index < -0.39 is 22.5 Å². The quantitative estimate of drug-likeness (QED) is 0.296. The maximum Gasteiger partial charge on any atom is 0.339 e. The highest BCUT2D eigenvalue weighted by molar-refractivity contribution is 6.01. The zero-order chi connectivity index (χ0) is 36.4. The van der Waals surface area contributed by atoms with Gasteiger partial charge in [0.25, 0.3) is 0 Å². The van der Waals surface area contributed by atoms with Crippen LogP contribution in [-0.2, 0) is 31.1 Å². The number of nitrogens with zero attached hydrogens (tertiary/aromatic N) is 1. The van der Waals surface area contributed by atoms with Crippen molar-refractivity contribution in [3.05, 3.63) is 46.5 Å². The van der Waals surface area contributed by atoms with Crippen molar-refractivity contribution < 1.29 is 28.8 Å². The first kappa shape index (κ1) is 34.9. The van der Waals surface area contributed by atoms with Crippen molar-refractivity contribution in [2.45, 2.75) is 140 Å². The SMILES string of the molecule is CCC[C@H]1CC(=O)[C@@H]2OC(=O)[C@@]34C=C(CC[C@@]23[C@@]2(OC(=O)c3c(CCCN)cccc32)[C@H]4CCC)[C@@H]2C[C@H](C)C[C@@H]3CC[C@H]4[C@H]5C[C@@H](CN1C5)C[NH+]4C32. The molecule has 12 aliphatic rings. The van der Waals surface area contributed by atoms with Crippen molar-refractivity contribution in [1.82, 2.24) is 4.90 Å². The minimum Gasteiger partial charge on any atom is -0.453 e. The fraction of sp³-hybridized carbons (Fsp3) is 0.756. The molecule has 1 aromatic carbocycles. The molecule has 3 aliphatic carbocycles. The highest BCUT2D eigenvalue weighted by atomic mass is 16.6. The van der Waals surface area contributed by atoms with Crippen LogP contribution in [0.25, 0.3) is 0 Å². The Morgan fingerprint density at radius 1 is 1.02 bits per heavy atom. The molecule has 8 nitrogen and oxygen atoms in total. The number of aryl methyl sites for hydroxylation is 1. The standard InChI is InChI=1S/C45H61N3O5/c1-4-8-32-21-36(49)40-44-16-15-30(33-19-26(3)18-29-13-14-35-31-20-27(23-47(32)25-31)24-48(35)39(29)33)22-43(44,42(51)52-40)37(9-5-2)45(44)34-12-6-10-28(11-7-17-46)38(34)41(50)53-45/h6,10,12,22,26-27,29,31-33,35,37,39-40H,4-5,7-9,11,13-21,23-25,46H2,1-3H3/p+1/t26-,27+,29+,31+,32+,33+,35+,37+,39?,40+,43+,44-,45+/m1/s1. The average Bonchev–Trinajstić information content (AvgIpc) is 3.60. The maximum absolute atomic E-state index is 15.3. The zero-order valence-electron chi connectivity index (χ0n) is 32.4. The summed E-state index contributed by atoms with van der Waals surface area (Å²) in [4.78, 5) is 49.3. The number of rotatable bonds is 7. The van der Waals surface area contributed by atoms with Gasteiger partial charge in [0.15, 0.2) is 17.5 Å². The van der Waals surface area contributed by atoms with E-state index in [1.54, 1.807) is 0 Å². The van der Waals surface area contributed by atoms with Crippen LogP contribution < -0.4 is 10.6 Å². The molecule has 286 valence electrons. The van der Waals surface area contributed by atoms with Gasteiger partial charge in [-0.15, -0.1) is 0 Å². The predicted octanol–water partition coefficient (Wildman–Crippen LogP) is 5.16. The molecule has 8 fully saturated rings. The van der Waals surface area contributed by atoms with E-state index in [1.807, 2.05) is 11.0 Å². The first-order chi connectivity index (χ1) is 25.7. The number of ether oxygens (including phenoxy) is 2. The molecule has 0 radical (unpaired) electrons. The second-order valence-electron chi connectivity index (χ2n) is 19.4. The molecular weight excluding hydrogens is 663 g/mol. The number of piperidine rings is 3. The zero-order valence-corrected chi connectivity index (χ0v) is 32.4. The molecule has 10 bridgehead atoms. The van der Waals surface area contributed by atoms with Crippen molar-refractivity contribution in [3.63, 3.8) is 0 Å². The molecule has 2 spiro atoms. The number of carbonyl (C=O) groups excluding carboxylic acids is 3. The second kappa shape index (κ2) is 12.5. The molecule has 53 heavy (non-hydrogen) atoms. The molecule has 6 saturated heterocycles. The maximum atomic E-state index is 15.3. The number of ketones is 1. The molecule has 2 saturated carbocycles. The van der Waals surface area contributed by atoms with Gasteiger partial charge in [0, 0.05) is 67.1 Å². The lowest BCUT2D eigenvalue weighted by atomic mass is 9.30. The molecule has 9 heterocycles. The largest absolute Gasteiger partial charge is 0.453 e. The Kier molecular flexibility index (Phi) is 8.22. The lowest BCUT2D eigenvalue weighted by Gasteiger charge is -2.70. The fourth-order valence-electron chi connectivity index (χ4n) is 15.6. The lowest BCUT2D eigenvalue weighted by molar-refractivity contribution is -0.976.